The molecule has 0 unspecified atom stereocenters. The van der Waals surface area contributed by atoms with E-state index in [4.69, 9.17) is 4.98 Å². The standard InChI is InChI=1S/C11H17NS/c1-2-5-11-12-10(8-13-11)9-6-3-4-7-9/h8-9H,2-7H2,1H3. The van der Waals surface area contributed by atoms with Gasteiger partial charge in [0.25, 0.3) is 0 Å². The summed E-state index contributed by atoms with van der Waals surface area (Å²) in [6, 6.07) is 0. The van der Waals surface area contributed by atoms with Crippen molar-refractivity contribution in [1.82, 2.24) is 4.98 Å². The average molecular weight is 195 g/mol. The maximum atomic E-state index is 4.70. The predicted octanol–water partition coefficient (Wildman–Crippen LogP) is 3.75. The maximum Gasteiger partial charge on any atom is 0.0928 e. The molecule has 1 saturated carbocycles. The first-order chi connectivity index (χ1) is 6.40. The van der Waals surface area contributed by atoms with Crippen molar-refractivity contribution in [3.8, 4) is 0 Å². The van der Waals surface area contributed by atoms with Crippen molar-refractivity contribution < 1.29 is 0 Å². The van der Waals surface area contributed by atoms with Gasteiger partial charge >= 0.3 is 0 Å². The van der Waals surface area contributed by atoms with Crippen LogP contribution in [0.3, 0.4) is 0 Å². The molecule has 1 fully saturated rings. The van der Waals surface area contributed by atoms with Gasteiger partial charge in [-0.2, -0.15) is 0 Å². The summed E-state index contributed by atoms with van der Waals surface area (Å²) in [5, 5.41) is 3.62. The van der Waals surface area contributed by atoms with Gasteiger partial charge in [-0.3, -0.25) is 0 Å². The largest absolute Gasteiger partial charge is 0.246 e. The average Bonchev–Trinajstić information content (AvgIpc) is 2.70. The second-order valence-corrected chi connectivity index (χ2v) is 4.84. The zero-order chi connectivity index (χ0) is 9.10. The van der Waals surface area contributed by atoms with E-state index in [9.17, 15) is 0 Å². The van der Waals surface area contributed by atoms with Crippen LogP contribution in [-0.4, -0.2) is 4.98 Å². The monoisotopic (exact) mass is 195 g/mol. The van der Waals surface area contributed by atoms with E-state index in [1.807, 2.05) is 11.3 Å². The Kier molecular flexibility index (Phi) is 2.99. The second kappa shape index (κ2) is 4.23. The van der Waals surface area contributed by atoms with Crippen LogP contribution in [0, 0.1) is 0 Å². The summed E-state index contributed by atoms with van der Waals surface area (Å²) in [5.74, 6) is 0.793. The molecule has 0 aromatic carbocycles. The Morgan fingerprint density at radius 2 is 2.23 bits per heavy atom. The maximum absolute atomic E-state index is 4.70. The Labute approximate surface area is 84.2 Å². The van der Waals surface area contributed by atoms with E-state index < -0.39 is 0 Å². The molecular formula is C11H17NS. The molecule has 0 aliphatic heterocycles. The van der Waals surface area contributed by atoms with Crippen LogP contribution in [0.15, 0.2) is 5.38 Å². The fourth-order valence-electron chi connectivity index (χ4n) is 2.06. The minimum Gasteiger partial charge on any atom is -0.246 e. The first-order valence-electron chi connectivity index (χ1n) is 5.34. The molecule has 1 aliphatic carbocycles. The first-order valence-corrected chi connectivity index (χ1v) is 6.22. The van der Waals surface area contributed by atoms with E-state index in [-0.39, 0.29) is 0 Å². The smallest absolute Gasteiger partial charge is 0.0928 e. The van der Waals surface area contributed by atoms with Crippen molar-refractivity contribution in [2.45, 2.75) is 51.4 Å². The van der Waals surface area contributed by atoms with Gasteiger partial charge in [0.2, 0.25) is 0 Å². The molecule has 1 heterocycles. The zero-order valence-electron chi connectivity index (χ0n) is 8.25. The molecule has 2 heteroatoms. The van der Waals surface area contributed by atoms with Gasteiger partial charge < -0.3 is 0 Å². The van der Waals surface area contributed by atoms with Gasteiger partial charge in [0.05, 0.1) is 10.7 Å². The molecule has 2 rings (SSSR count). The second-order valence-electron chi connectivity index (χ2n) is 3.90. The fourth-order valence-corrected chi connectivity index (χ4v) is 3.04. The molecule has 0 atom stereocenters. The summed E-state index contributed by atoms with van der Waals surface area (Å²) < 4.78 is 0. The molecule has 1 aromatic heterocycles. The summed E-state index contributed by atoms with van der Waals surface area (Å²) >= 11 is 1.85. The number of hydrogen-bond acceptors (Lipinski definition) is 2. The Morgan fingerprint density at radius 1 is 1.46 bits per heavy atom. The molecule has 0 N–H and O–H groups in total. The van der Waals surface area contributed by atoms with E-state index in [1.54, 1.807) is 0 Å². The molecule has 72 valence electrons. The fraction of sp³-hybridized carbons (Fsp3) is 0.727. The third kappa shape index (κ3) is 2.11. The van der Waals surface area contributed by atoms with Gasteiger partial charge in [0, 0.05) is 11.3 Å². The Hall–Kier alpha value is -0.370. The lowest BCUT2D eigenvalue weighted by molar-refractivity contribution is 0.697. The number of hydrogen-bond donors (Lipinski definition) is 0. The van der Waals surface area contributed by atoms with Gasteiger partial charge in [-0.05, 0) is 25.7 Å². The molecule has 1 aliphatic rings. The highest BCUT2D eigenvalue weighted by atomic mass is 32.1. The summed E-state index contributed by atoms with van der Waals surface area (Å²) in [6.45, 7) is 2.22. The van der Waals surface area contributed by atoms with Crippen molar-refractivity contribution in [2.75, 3.05) is 0 Å². The predicted molar refractivity (Wildman–Crippen MR) is 57.3 cm³/mol. The highest BCUT2D eigenvalue weighted by Gasteiger charge is 2.19. The number of aryl methyl sites for hydroxylation is 1. The van der Waals surface area contributed by atoms with Crippen LogP contribution in [0.2, 0.25) is 0 Å². The molecular weight excluding hydrogens is 178 g/mol. The van der Waals surface area contributed by atoms with Crippen molar-refractivity contribution in [3.05, 3.63) is 16.1 Å². The summed E-state index contributed by atoms with van der Waals surface area (Å²) in [6.07, 6.45) is 7.94. The first kappa shape index (κ1) is 9.20. The molecule has 0 amide bonds. The summed E-state index contributed by atoms with van der Waals surface area (Å²) in [7, 11) is 0. The van der Waals surface area contributed by atoms with Gasteiger partial charge in [0.15, 0.2) is 0 Å². The van der Waals surface area contributed by atoms with E-state index in [0.29, 0.717) is 0 Å². The minimum absolute atomic E-state index is 0.793. The van der Waals surface area contributed by atoms with Crippen LogP contribution in [0.1, 0.15) is 55.6 Å². The SMILES string of the molecule is CCCc1nc(C2CCCC2)cs1. The third-order valence-corrected chi connectivity index (χ3v) is 3.73. The molecule has 0 saturated heterocycles. The zero-order valence-corrected chi connectivity index (χ0v) is 9.07. The highest BCUT2D eigenvalue weighted by Crippen LogP contribution is 2.34. The molecule has 0 spiro atoms. The topological polar surface area (TPSA) is 12.9 Å². The van der Waals surface area contributed by atoms with Crippen molar-refractivity contribution in [1.29, 1.82) is 0 Å². The summed E-state index contributed by atoms with van der Waals surface area (Å²) in [4.78, 5) is 4.70. The van der Waals surface area contributed by atoms with Crippen molar-refractivity contribution in [2.24, 2.45) is 0 Å². The van der Waals surface area contributed by atoms with Crippen molar-refractivity contribution in [3.63, 3.8) is 0 Å². The molecule has 0 bridgehead atoms. The van der Waals surface area contributed by atoms with Crippen LogP contribution in [-0.2, 0) is 6.42 Å². The van der Waals surface area contributed by atoms with Gasteiger partial charge in [-0.1, -0.05) is 19.8 Å². The Bertz CT molecular complexity index is 261. The molecule has 1 nitrogen and oxygen atoms in total. The quantitative estimate of drug-likeness (QED) is 0.715. The Morgan fingerprint density at radius 3 is 2.92 bits per heavy atom. The number of nitrogens with zero attached hydrogens (tertiary/aromatic N) is 1. The highest BCUT2D eigenvalue weighted by molar-refractivity contribution is 7.09. The van der Waals surface area contributed by atoms with Crippen LogP contribution < -0.4 is 0 Å². The minimum atomic E-state index is 0.793. The Balaban J connectivity index is 2.03. The van der Waals surface area contributed by atoms with Gasteiger partial charge in [-0.25, -0.2) is 4.98 Å². The normalized spacial score (nSPS) is 18.2. The van der Waals surface area contributed by atoms with E-state index >= 15 is 0 Å². The molecule has 13 heavy (non-hydrogen) atoms. The lowest BCUT2D eigenvalue weighted by Crippen LogP contribution is -1.92. The van der Waals surface area contributed by atoms with Crippen molar-refractivity contribution >= 4 is 11.3 Å². The van der Waals surface area contributed by atoms with E-state index in [1.165, 1.54) is 42.8 Å². The van der Waals surface area contributed by atoms with Crippen LogP contribution in [0.4, 0.5) is 0 Å². The van der Waals surface area contributed by atoms with Crippen LogP contribution >= 0.6 is 11.3 Å². The van der Waals surface area contributed by atoms with E-state index in [2.05, 4.69) is 12.3 Å². The number of rotatable bonds is 3. The van der Waals surface area contributed by atoms with Gasteiger partial charge in [0.1, 0.15) is 0 Å². The van der Waals surface area contributed by atoms with Crippen LogP contribution in [0.25, 0.3) is 0 Å². The number of aromatic nitrogens is 1. The number of thiazole rings is 1. The lowest BCUT2D eigenvalue weighted by Gasteiger charge is -2.02. The third-order valence-electron chi connectivity index (χ3n) is 2.81. The molecule has 0 radical (unpaired) electrons. The van der Waals surface area contributed by atoms with Crippen LogP contribution in [0.5, 0.6) is 0 Å². The van der Waals surface area contributed by atoms with E-state index in [0.717, 1.165) is 12.3 Å². The van der Waals surface area contributed by atoms with Gasteiger partial charge in [-0.15, -0.1) is 11.3 Å². The lowest BCUT2D eigenvalue weighted by atomic mass is 10.1. The summed E-state index contributed by atoms with van der Waals surface area (Å²) in [5.41, 5.74) is 1.38. The molecule has 1 aromatic rings.